The lowest BCUT2D eigenvalue weighted by Gasteiger charge is -2.24. The van der Waals surface area contributed by atoms with Gasteiger partial charge in [-0.1, -0.05) is 23.7 Å². The lowest BCUT2D eigenvalue weighted by Crippen LogP contribution is -2.50. The van der Waals surface area contributed by atoms with Gasteiger partial charge in [0.05, 0.1) is 28.2 Å². The number of nitrogens with two attached hydrogens (primary N) is 1. The van der Waals surface area contributed by atoms with E-state index in [9.17, 15) is 4.79 Å². The SMILES string of the molecule is CC(N)(CNC(=O)c1c[nH]c2c(Cl)cccc12)Cn1cccn1. The summed E-state index contributed by atoms with van der Waals surface area (Å²) in [7, 11) is 0. The number of benzene rings is 1. The van der Waals surface area contributed by atoms with E-state index in [2.05, 4.69) is 15.4 Å². The molecule has 7 heteroatoms. The summed E-state index contributed by atoms with van der Waals surface area (Å²) in [6, 6.07) is 7.30. The summed E-state index contributed by atoms with van der Waals surface area (Å²) >= 11 is 6.11. The van der Waals surface area contributed by atoms with Crippen molar-refractivity contribution in [1.29, 1.82) is 0 Å². The molecule has 1 amide bonds. The monoisotopic (exact) mass is 331 g/mol. The number of nitrogens with one attached hydrogen (secondary N) is 2. The molecule has 0 saturated carbocycles. The Labute approximate surface area is 138 Å². The first-order chi connectivity index (χ1) is 11.0. The number of hydrogen-bond donors (Lipinski definition) is 3. The number of hydrogen-bond acceptors (Lipinski definition) is 3. The summed E-state index contributed by atoms with van der Waals surface area (Å²) in [6.07, 6.45) is 5.20. The first kappa shape index (κ1) is 15.6. The largest absolute Gasteiger partial charge is 0.359 e. The van der Waals surface area contributed by atoms with E-state index < -0.39 is 5.54 Å². The number of fused-ring (bicyclic) bond motifs is 1. The topological polar surface area (TPSA) is 88.7 Å². The molecule has 0 aliphatic carbocycles. The fraction of sp³-hybridized carbons (Fsp3) is 0.250. The standard InChI is InChI=1S/C16H18ClN5O/c1-16(18,10-22-7-3-6-21-22)9-20-15(23)12-8-19-14-11(12)4-2-5-13(14)17/h2-8,19H,9-10,18H2,1H3,(H,20,23). The molecule has 1 atom stereocenters. The van der Waals surface area contributed by atoms with Crippen molar-refractivity contribution >= 4 is 28.4 Å². The Balaban J connectivity index is 1.70. The maximum Gasteiger partial charge on any atom is 0.253 e. The Morgan fingerprint density at radius 2 is 2.30 bits per heavy atom. The number of aromatic nitrogens is 3. The first-order valence-electron chi connectivity index (χ1n) is 7.26. The third kappa shape index (κ3) is 3.38. The molecular weight excluding hydrogens is 314 g/mol. The van der Waals surface area contributed by atoms with Gasteiger partial charge in [-0.15, -0.1) is 0 Å². The van der Waals surface area contributed by atoms with Crippen molar-refractivity contribution in [3.8, 4) is 0 Å². The summed E-state index contributed by atoms with van der Waals surface area (Å²) in [4.78, 5) is 15.5. The maximum absolute atomic E-state index is 12.4. The molecule has 1 unspecified atom stereocenters. The van der Waals surface area contributed by atoms with E-state index in [4.69, 9.17) is 17.3 Å². The van der Waals surface area contributed by atoms with Crippen LogP contribution < -0.4 is 11.1 Å². The Morgan fingerprint density at radius 1 is 1.48 bits per heavy atom. The Morgan fingerprint density at radius 3 is 3.04 bits per heavy atom. The van der Waals surface area contributed by atoms with Gasteiger partial charge in [-0.25, -0.2) is 0 Å². The zero-order valence-corrected chi connectivity index (χ0v) is 13.5. The summed E-state index contributed by atoms with van der Waals surface area (Å²) in [6.45, 7) is 2.72. The third-order valence-corrected chi connectivity index (χ3v) is 3.96. The Kier molecular flexibility index (Phi) is 4.11. The molecule has 4 N–H and O–H groups in total. The van der Waals surface area contributed by atoms with Crippen LogP contribution in [0.4, 0.5) is 0 Å². The summed E-state index contributed by atoms with van der Waals surface area (Å²) < 4.78 is 1.75. The molecule has 1 aromatic carbocycles. The minimum Gasteiger partial charge on any atom is -0.359 e. The van der Waals surface area contributed by atoms with Gasteiger partial charge in [0.25, 0.3) is 5.91 Å². The van der Waals surface area contributed by atoms with Crippen LogP contribution in [-0.2, 0) is 6.54 Å². The second-order valence-corrected chi connectivity index (χ2v) is 6.31. The van der Waals surface area contributed by atoms with Gasteiger partial charge in [-0.05, 0) is 19.1 Å². The molecule has 0 fully saturated rings. The van der Waals surface area contributed by atoms with Gasteiger partial charge in [-0.3, -0.25) is 9.48 Å². The van der Waals surface area contributed by atoms with Gasteiger partial charge in [0.15, 0.2) is 0 Å². The smallest absolute Gasteiger partial charge is 0.253 e. The molecule has 23 heavy (non-hydrogen) atoms. The summed E-state index contributed by atoms with van der Waals surface area (Å²) in [5.74, 6) is -0.185. The highest BCUT2D eigenvalue weighted by molar-refractivity contribution is 6.35. The second kappa shape index (κ2) is 6.06. The highest BCUT2D eigenvalue weighted by Crippen LogP contribution is 2.25. The van der Waals surface area contributed by atoms with E-state index in [1.54, 1.807) is 23.1 Å². The van der Waals surface area contributed by atoms with Gasteiger partial charge in [0.2, 0.25) is 0 Å². The van der Waals surface area contributed by atoms with E-state index in [1.807, 2.05) is 31.3 Å². The zero-order chi connectivity index (χ0) is 16.4. The van der Waals surface area contributed by atoms with Gasteiger partial charge in [-0.2, -0.15) is 5.10 Å². The van der Waals surface area contributed by atoms with Crippen molar-refractivity contribution in [3.05, 3.63) is 53.4 Å². The van der Waals surface area contributed by atoms with Crippen molar-refractivity contribution in [3.63, 3.8) is 0 Å². The van der Waals surface area contributed by atoms with Crippen LogP contribution in [0.25, 0.3) is 10.9 Å². The minimum absolute atomic E-state index is 0.185. The van der Waals surface area contributed by atoms with Crippen molar-refractivity contribution in [1.82, 2.24) is 20.1 Å². The van der Waals surface area contributed by atoms with E-state index in [-0.39, 0.29) is 5.91 Å². The number of rotatable bonds is 5. The van der Waals surface area contributed by atoms with Crippen molar-refractivity contribution in [2.24, 2.45) is 5.73 Å². The molecule has 2 aromatic heterocycles. The van der Waals surface area contributed by atoms with Gasteiger partial charge in [0.1, 0.15) is 0 Å². The van der Waals surface area contributed by atoms with E-state index in [0.29, 0.717) is 23.7 Å². The molecule has 0 bridgehead atoms. The molecule has 0 spiro atoms. The first-order valence-corrected chi connectivity index (χ1v) is 7.64. The van der Waals surface area contributed by atoms with Crippen LogP contribution in [0, 0.1) is 0 Å². The molecule has 0 radical (unpaired) electrons. The van der Waals surface area contributed by atoms with Crippen LogP contribution >= 0.6 is 11.6 Å². The number of amides is 1. The zero-order valence-electron chi connectivity index (χ0n) is 12.7. The predicted octanol–water partition coefficient (Wildman–Crippen LogP) is 2.17. The molecule has 0 saturated heterocycles. The molecular formula is C16H18ClN5O. The quantitative estimate of drug-likeness (QED) is 0.669. The molecule has 2 heterocycles. The van der Waals surface area contributed by atoms with E-state index >= 15 is 0 Å². The summed E-state index contributed by atoms with van der Waals surface area (Å²) in [5.41, 5.74) is 6.95. The number of nitrogens with zero attached hydrogens (tertiary/aromatic N) is 2. The molecule has 0 aliphatic rings. The lowest BCUT2D eigenvalue weighted by molar-refractivity contribution is 0.0944. The number of H-pyrrole nitrogens is 1. The van der Waals surface area contributed by atoms with Crippen LogP contribution in [-0.4, -0.2) is 32.8 Å². The predicted molar refractivity (Wildman–Crippen MR) is 90.5 cm³/mol. The molecule has 0 aliphatic heterocycles. The van der Waals surface area contributed by atoms with Gasteiger partial charge >= 0.3 is 0 Å². The Bertz CT molecular complexity index is 822. The second-order valence-electron chi connectivity index (χ2n) is 5.91. The number of para-hydroxylation sites is 1. The molecule has 120 valence electrons. The number of halogens is 1. The van der Waals surface area contributed by atoms with Crippen LogP contribution in [0.15, 0.2) is 42.9 Å². The van der Waals surface area contributed by atoms with E-state index in [0.717, 1.165) is 10.9 Å². The van der Waals surface area contributed by atoms with Crippen molar-refractivity contribution in [2.45, 2.75) is 19.0 Å². The lowest BCUT2D eigenvalue weighted by atomic mass is 10.0. The number of aromatic amines is 1. The van der Waals surface area contributed by atoms with Crippen molar-refractivity contribution < 1.29 is 4.79 Å². The average Bonchev–Trinajstić information content (AvgIpc) is 3.14. The molecule has 3 rings (SSSR count). The fourth-order valence-electron chi connectivity index (χ4n) is 2.50. The number of carbonyl (C=O) groups is 1. The highest BCUT2D eigenvalue weighted by Gasteiger charge is 2.22. The van der Waals surface area contributed by atoms with Crippen LogP contribution in [0.1, 0.15) is 17.3 Å². The summed E-state index contributed by atoms with van der Waals surface area (Å²) in [5, 5.41) is 8.39. The minimum atomic E-state index is -0.606. The van der Waals surface area contributed by atoms with Gasteiger partial charge in [0, 0.05) is 30.5 Å². The highest BCUT2D eigenvalue weighted by atomic mass is 35.5. The Hall–Kier alpha value is -2.31. The van der Waals surface area contributed by atoms with Crippen LogP contribution in [0.2, 0.25) is 5.02 Å². The molecule has 3 aromatic rings. The normalized spacial score (nSPS) is 13.9. The molecule has 6 nitrogen and oxygen atoms in total. The van der Waals surface area contributed by atoms with Crippen molar-refractivity contribution in [2.75, 3.05) is 6.54 Å². The third-order valence-electron chi connectivity index (χ3n) is 3.64. The van der Waals surface area contributed by atoms with Crippen LogP contribution in [0.3, 0.4) is 0 Å². The number of carbonyl (C=O) groups excluding carboxylic acids is 1. The van der Waals surface area contributed by atoms with E-state index in [1.165, 1.54) is 0 Å². The maximum atomic E-state index is 12.4. The van der Waals surface area contributed by atoms with Gasteiger partial charge < -0.3 is 16.0 Å². The van der Waals surface area contributed by atoms with Crippen LogP contribution in [0.5, 0.6) is 0 Å². The average molecular weight is 332 g/mol. The fourth-order valence-corrected chi connectivity index (χ4v) is 2.73.